The molecule has 0 aromatic carbocycles. The largest absolute Gasteiger partial charge is 0.461 e. The van der Waals surface area contributed by atoms with Crippen LogP contribution < -0.4 is 0 Å². The van der Waals surface area contributed by atoms with Gasteiger partial charge in [-0.05, 0) is 40.5 Å². The van der Waals surface area contributed by atoms with Crippen molar-refractivity contribution in [1.29, 1.82) is 0 Å². The quantitative estimate of drug-likeness (QED) is 0.776. The van der Waals surface area contributed by atoms with Gasteiger partial charge < -0.3 is 14.4 Å². The molecular formula is C17H25N3O4. The first-order valence-corrected chi connectivity index (χ1v) is 8.38. The molecule has 1 aliphatic heterocycles. The number of amides is 1. The van der Waals surface area contributed by atoms with E-state index in [-0.39, 0.29) is 11.5 Å². The van der Waals surface area contributed by atoms with Gasteiger partial charge in [0.05, 0.1) is 18.8 Å². The number of aromatic nitrogens is 2. The summed E-state index contributed by atoms with van der Waals surface area (Å²) in [5.41, 5.74) is 1.49. The molecule has 24 heavy (non-hydrogen) atoms. The van der Waals surface area contributed by atoms with E-state index in [1.165, 1.54) is 0 Å². The molecule has 1 fully saturated rings. The van der Waals surface area contributed by atoms with Crippen LogP contribution in [0.2, 0.25) is 0 Å². The topological polar surface area (TPSA) is 73.7 Å². The Morgan fingerprint density at radius 3 is 2.50 bits per heavy atom. The first kappa shape index (κ1) is 16.8. The van der Waals surface area contributed by atoms with Crippen LogP contribution in [0.4, 0.5) is 4.79 Å². The highest BCUT2D eigenvalue weighted by Gasteiger charge is 2.54. The molecule has 0 saturated heterocycles. The predicted molar refractivity (Wildman–Crippen MR) is 86.7 cm³/mol. The SMILES string of the molecule is CCOC(=O)c1c2c(nn1C)C1(CC1)CN(C(=O)OC(C)(C)C)C2. The molecule has 2 heterocycles. The lowest BCUT2D eigenvalue weighted by Gasteiger charge is -2.34. The molecule has 3 rings (SSSR count). The molecular weight excluding hydrogens is 310 g/mol. The molecule has 132 valence electrons. The van der Waals surface area contributed by atoms with Crippen LogP contribution >= 0.6 is 0 Å². The summed E-state index contributed by atoms with van der Waals surface area (Å²) in [5, 5.41) is 4.58. The van der Waals surface area contributed by atoms with Crippen LogP contribution in [0.3, 0.4) is 0 Å². The molecule has 0 radical (unpaired) electrons. The number of esters is 1. The van der Waals surface area contributed by atoms with Crippen molar-refractivity contribution >= 4 is 12.1 Å². The standard InChI is InChI=1S/C17H25N3O4/c1-6-23-14(21)12-11-9-20(15(22)24-16(2,3)4)10-17(7-8-17)13(11)18-19(12)5/h6-10H2,1-5H3. The van der Waals surface area contributed by atoms with Crippen LogP contribution in [-0.4, -0.2) is 45.5 Å². The summed E-state index contributed by atoms with van der Waals surface area (Å²) in [6, 6.07) is 0. The first-order chi connectivity index (χ1) is 11.2. The van der Waals surface area contributed by atoms with Crippen LogP contribution in [0.15, 0.2) is 0 Å². The Labute approximate surface area is 141 Å². The van der Waals surface area contributed by atoms with Gasteiger partial charge in [0, 0.05) is 24.6 Å². The number of rotatable bonds is 2. The molecule has 1 aromatic rings. The molecule has 7 nitrogen and oxygen atoms in total. The smallest absolute Gasteiger partial charge is 0.410 e. The van der Waals surface area contributed by atoms with E-state index < -0.39 is 11.6 Å². The Kier molecular flexibility index (Phi) is 3.85. The molecule has 1 aliphatic carbocycles. The molecule has 0 unspecified atom stereocenters. The summed E-state index contributed by atoms with van der Waals surface area (Å²) >= 11 is 0. The predicted octanol–water partition coefficient (Wildman–Crippen LogP) is 2.38. The van der Waals surface area contributed by atoms with Gasteiger partial charge in [0.15, 0.2) is 5.69 Å². The average molecular weight is 335 g/mol. The van der Waals surface area contributed by atoms with E-state index in [4.69, 9.17) is 9.47 Å². The molecule has 1 aromatic heterocycles. The van der Waals surface area contributed by atoms with Crippen molar-refractivity contribution in [2.75, 3.05) is 13.2 Å². The fourth-order valence-electron chi connectivity index (χ4n) is 3.29. The second-order valence-corrected chi connectivity index (χ2v) is 7.64. The third-order valence-corrected chi connectivity index (χ3v) is 4.46. The summed E-state index contributed by atoms with van der Waals surface area (Å²) in [7, 11) is 1.75. The second kappa shape index (κ2) is 5.50. The number of carbonyl (C=O) groups excluding carboxylic acids is 2. The summed E-state index contributed by atoms with van der Waals surface area (Å²) in [6.45, 7) is 8.54. The Morgan fingerprint density at radius 2 is 1.96 bits per heavy atom. The van der Waals surface area contributed by atoms with Gasteiger partial charge >= 0.3 is 12.1 Å². The summed E-state index contributed by atoms with van der Waals surface area (Å²) in [4.78, 5) is 26.5. The lowest BCUT2D eigenvalue weighted by Crippen LogP contribution is -2.44. The average Bonchev–Trinajstić information content (AvgIpc) is 3.12. The van der Waals surface area contributed by atoms with Gasteiger partial charge in [-0.25, -0.2) is 9.59 Å². The minimum absolute atomic E-state index is 0.132. The van der Waals surface area contributed by atoms with Crippen molar-refractivity contribution < 1.29 is 19.1 Å². The Bertz CT molecular complexity index is 683. The van der Waals surface area contributed by atoms with Crippen molar-refractivity contribution in [2.45, 2.75) is 58.1 Å². The molecule has 0 bridgehead atoms. The van der Waals surface area contributed by atoms with Gasteiger partial charge in [0.25, 0.3) is 0 Å². The molecule has 0 atom stereocenters. The number of fused-ring (bicyclic) bond motifs is 2. The minimum atomic E-state index is -0.549. The van der Waals surface area contributed by atoms with Crippen molar-refractivity contribution in [1.82, 2.24) is 14.7 Å². The number of nitrogens with zero attached hydrogens (tertiary/aromatic N) is 3. The summed E-state index contributed by atoms with van der Waals surface area (Å²) in [6.07, 6.45) is 1.59. The van der Waals surface area contributed by atoms with Crippen molar-refractivity contribution in [3.05, 3.63) is 17.0 Å². The van der Waals surface area contributed by atoms with E-state index >= 15 is 0 Å². The van der Waals surface area contributed by atoms with Crippen LogP contribution in [0.25, 0.3) is 0 Å². The molecule has 0 N–H and O–H groups in total. The van der Waals surface area contributed by atoms with Crippen LogP contribution in [0.5, 0.6) is 0 Å². The minimum Gasteiger partial charge on any atom is -0.461 e. The molecule has 7 heteroatoms. The molecule has 2 aliphatic rings. The van der Waals surface area contributed by atoms with Crippen LogP contribution in [-0.2, 0) is 28.5 Å². The van der Waals surface area contributed by atoms with Gasteiger partial charge in [-0.1, -0.05) is 0 Å². The number of carbonyl (C=O) groups is 2. The van der Waals surface area contributed by atoms with Crippen molar-refractivity contribution in [3.63, 3.8) is 0 Å². The van der Waals surface area contributed by atoms with Gasteiger partial charge in [0.2, 0.25) is 0 Å². The second-order valence-electron chi connectivity index (χ2n) is 7.64. The lowest BCUT2D eigenvalue weighted by atomic mass is 9.92. The molecule has 1 spiro atoms. The maximum absolute atomic E-state index is 12.5. The third kappa shape index (κ3) is 2.87. The van der Waals surface area contributed by atoms with Gasteiger partial charge in [-0.3, -0.25) is 4.68 Å². The number of hydrogen-bond acceptors (Lipinski definition) is 5. The Hall–Kier alpha value is -2.05. The fraction of sp³-hybridized carbons (Fsp3) is 0.706. The zero-order chi connectivity index (χ0) is 17.7. The van der Waals surface area contributed by atoms with Crippen LogP contribution in [0, 0.1) is 0 Å². The molecule has 1 amide bonds. The highest BCUT2D eigenvalue weighted by Crippen LogP contribution is 2.52. The van der Waals surface area contributed by atoms with Gasteiger partial charge in [0.1, 0.15) is 5.60 Å². The fourth-order valence-corrected chi connectivity index (χ4v) is 3.29. The maximum atomic E-state index is 12.5. The Morgan fingerprint density at radius 1 is 1.29 bits per heavy atom. The number of ether oxygens (including phenoxy) is 2. The number of hydrogen-bond donors (Lipinski definition) is 0. The monoisotopic (exact) mass is 335 g/mol. The van der Waals surface area contributed by atoms with E-state index in [2.05, 4.69) is 5.10 Å². The van der Waals surface area contributed by atoms with Gasteiger partial charge in [-0.15, -0.1) is 0 Å². The lowest BCUT2D eigenvalue weighted by molar-refractivity contribution is 0.0192. The van der Waals surface area contributed by atoms with E-state index in [1.54, 1.807) is 23.6 Å². The Balaban J connectivity index is 1.94. The van der Waals surface area contributed by atoms with Gasteiger partial charge in [-0.2, -0.15) is 5.10 Å². The summed E-state index contributed by atoms with van der Waals surface area (Å²) < 4.78 is 12.3. The van der Waals surface area contributed by atoms with E-state index in [0.717, 1.165) is 24.1 Å². The zero-order valence-electron chi connectivity index (χ0n) is 15.0. The summed E-state index contributed by atoms with van der Waals surface area (Å²) in [5.74, 6) is -0.393. The third-order valence-electron chi connectivity index (χ3n) is 4.46. The zero-order valence-corrected chi connectivity index (χ0v) is 15.0. The normalized spacial score (nSPS) is 18.3. The van der Waals surface area contributed by atoms with E-state index in [1.807, 2.05) is 20.8 Å². The highest BCUT2D eigenvalue weighted by molar-refractivity contribution is 5.90. The molecule has 1 saturated carbocycles. The highest BCUT2D eigenvalue weighted by atomic mass is 16.6. The van der Waals surface area contributed by atoms with Crippen molar-refractivity contribution in [2.24, 2.45) is 7.05 Å². The first-order valence-electron chi connectivity index (χ1n) is 8.38. The number of aryl methyl sites for hydroxylation is 1. The maximum Gasteiger partial charge on any atom is 0.410 e. The van der Waals surface area contributed by atoms with E-state index in [0.29, 0.717) is 25.4 Å². The van der Waals surface area contributed by atoms with Crippen LogP contribution in [0.1, 0.15) is 62.3 Å². The van der Waals surface area contributed by atoms with E-state index in [9.17, 15) is 9.59 Å². The van der Waals surface area contributed by atoms with Crippen molar-refractivity contribution in [3.8, 4) is 0 Å².